The van der Waals surface area contributed by atoms with E-state index in [4.69, 9.17) is 0 Å². The largest absolute Gasteiger partial charge is 0.477 e. The van der Waals surface area contributed by atoms with E-state index in [1.807, 2.05) is 6.92 Å². The van der Waals surface area contributed by atoms with Crippen LogP contribution in [0.15, 0.2) is 6.07 Å². The standard InChI is InChI=1S/C17H20O2S/c1-8-7-14(17(18)19)20-16(8)15-12(5)10(3)9(2)11(4)13(15)6/h7H,1-6H3,(H,18,19). The Morgan fingerprint density at radius 1 is 0.900 bits per heavy atom. The molecule has 0 radical (unpaired) electrons. The maximum atomic E-state index is 11.2. The molecular formula is C17H20O2S. The van der Waals surface area contributed by atoms with Crippen molar-refractivity contribution in [1.82, 2.24) is 0 Å². The van der Waals surface area contributed by atoms with Crippen LogP contribution in [0.1, 0.15) is 43.1 Å². The molecule has 0 saturated heterocycles. The summed E-state index contributed by atoms with van der Waals surface area (Å²) in [6, 6.07) is 1.77. The zero-order valence-electron chi connectivity index (χ0n) is 12.8. The third-order valence-corrected chi connectivity index (χ3v) is 5.60. The Bertz CT molecular complexity index is 679. The highest BCUT2D eigenvalue weighted by Crippen LogP contribution is 2.39. The Morgan fingerprint density at radius 2 is 1.35 bits per heavy atom. The number of thiophene rings is 1. The molecule has 0 fully saturated rings. The molecule has 2 rings (SSSR count). The smallest absolute Gasteiger partial charge is 0.345 e. The van der Waals surface area contributed by atoms with Crippen molar-refractivity contribution in [2.24, 2.45) is 0 Å². The fraction of sp³-hybridized carbons (Fsp3) is 0.353. The second-order valence-electron chi connectivity index (χ2n) is 5.43. The number of aryl methyl sites for hydroxylation is 1. The van der Waals surface area contributed by atoms with Gasteiger partial charge < -0.3 is 5.11 Å². The summed E-state index contributed by atoms with van der Waals surface area (Å²) in [4.78, 5) is 12.7. The number of carboxylic acid groups (broad SMARTS) is 1. The lowest BCUT2D eigenvalue weighted by Gasteiger charge is -2.18. The fourth-order valence-electron chi connectivity index (χ4n) is 2.68. The van der Waals surface area contributed by atoms with Crippen LogP contribution in [0.25, 0.3) is 10.4 Å². The molecule has 1 N–H and O–H groups in total. The van der Waals surface area contributed by atoms with Crippen molar-refractivity contribution in [2.45, 2.75) is 41.5 Å². The van der Waals surface area contributed by atoms with Gasteiger partial charge in [-0.3, -0.25) is 0 Å². The van der Waals surface area contributed by atoms with Gasteiger partial charge in [0.05, 0.1) is 0 Å². The highest BCUT2D eigenvalue weighted by Gasteiger charge is 2.19. The van der Waals surface area contributed by atoms with Crippen molar-refractivity contribution in [3.8, 4) is 10.4 Å². The number of benzene rings is 1. The molecule has 0 saturated carbocycles. The minimum absolute atomic E-state index is 0.409. The predicted molar refractivity (Wildman–Crippen MR) is 85.1 cm³/mol. The summed E-state index contributed by atoms with van der Waals surface area (Å²) < 4.78 is 0. The van der Waals surface area contributed by atoms with Crippen LogP contribution >= 0.6 is 11.3 Å². The Balaban J connectivity index is 2.80. The van der Waals surface area contributed by atoms with E-state index in [2.05, 4.69) is 34.6 Å². The van der Waals surface area contributed by atoms with Crippen molar-refractivity contribution < 1.29 is 9.90 Å². The molecule has 2 nitrogen and oxygen atoms in total. The molecule has 3 heteroatoms. The Morgan fingerprint density at radius 3 is 1.75 bits per heavy atom. The van der Waals surface area contributed by atoms with E-state index in [0.29, 0.717) is 4.88 Å². The minimum Gasteiger partial charge on any atom is -0.477 e. The molecule has 1 heterocycles. The Kier molecular flexibility index (Phi) is 3.74. The first-order valence-electron chi connectivity index (χ1n) is 6.66. The van der Waals surface area contributed by atoms with E-state index < -0.39 is 5.97 Å². The molecule has 0 spiro atoms. The molecule has 0 aliphatic rings. The van der Waals surface area contributed by atoms with Crippen LogP contribution in [0.4, 0.5) is 0 Å². The van der Waals surface area contributed by atoms with E-state index in [9.17, 15) is 9.90 Å². The molecule has 0 aliphatic carbocycles. The normalized spacial score (nSPS) is 10.9. The molecule has 2 aromatic rings. The quantitative estimate of drug-likeness (QED) is 0.847. The van der Waals surface area contributed by atoms with Gasteiger partial charge in [0.15, 0.2) is 0 Å². The lowest BCUT2D eigenvalue weighted by molar-refractivity contribution is 0.0702. The van der Waals surface area contributed by atoms with Crippen molar-refractivity contribution in [3.05, 3.63) is 44.3 Å². The van der Waals surface area contributed by atoms with Crippen molar-refractivity contribution in [2.75, 3.05) is 0 Å². The van der Waals surface area contributed by atoms with Crippen molar-refractivity contribution >= 4 is 17.3 Å². The molecule has 0 aliphatic heterocycles. The van der Waals surface area contributed by atoms with E-state index >= 15 is 0 Å². The summed E-state index contributed by atoms with van der Waals surface area (Å²) in [5.74, 6) is -0.847. The third-order valence-electron chi connectivity index (χ3n) is 4.36. The summed E-state index contributed by atoms with van der Waals surface area (Å²) in [5.41, 5.74) is 8.69. The molecule has 0 unspecified atom stereocenters. The van der Waals surface area contributed by atoms with E-state index in [1.165, 1.54) is 44.7 Å². The number of hydrogen-bond donors (Lipinski definition) is 1. The van der Waals surface area contributed by atoms with E-state index in [0.717, 1.165) is 10.4 Å². The van der Waals surface area contributed by atoms with E-state index in [-0.39, 0.29) is 0 Å². The van der Waals surface area contributed by atoms with Crippen molar-refractivity contribution in [3.63, 3.8) is 0 Å². The predicted octanol–water partition coefficient (Wildman–Crippen LogP) is 4.96. The maximum absolute atomic E-state index is 11.2. The van der Waals surface area contributed by atoms with Crippen LogP contribution in [-0.2, 0) is 0 Å². The average Bonchev–Trinajstić information content (AvgIpc) is 2.77. The molecule has 20 heavy (non-hydrogen) atoms. The second kappa shape index (κ2) is 5.06. The molecular weight excluding hydrogens is 268 g/mol. The van der Waals surface area contributed by atoms with Crippen LogP contribution < -0.4 is 0 Å². The van der Waals surface area contributed by atoms with Gasteiger partial charge >= 0.3 is 5.97 Å². The molecule has 0 bridgehead atoms. The van der Waals surface area contributed by atoms with Crippen LogP contribution in [0.2, 0.25) is 0 Å². The van der Waals surface area contributed by atoms with Crippen LogP contribution in [-0.4, -0.2) is 11.1 Å². The van der Waals surface area contributed by atoms with Crippen LogP contribution in [0.3, 0.4) is 0 Å². The zero-order valence-corrected chi connectivity index (χ0v) is 13.7. The number of aromatic carboxylic acids is 1. The fourth-order valence-corrected chi connectivity index (χ4v) is 3.85. The highest BCUT2D eigenvalue weighted by atomic mass is 32.1. The molecule has 1 aromatic heterocycles. The zero-order chi connectivity index (χ0) is 15.2. The summed E-state index contributed by atoms with van der Waals surface area (Å²) in [5, 5.41) is 9.17. The lowest BCUT2D eigenvalue weighted by atomic mass is 9.88. The topological polar surface area (TPSA) is 37.3 Å². The van der Waals surface area contributed by atoms with Gasteiger partial charge in [-0.2, -0.15) is 0 Å². The van der Waals surface area contributed by atoms with Gasteiger partial charge in [-0.15, -0.1) is 11.3 Å². The lowest BCUT2D eigenvalue weighted by Crippen LogP contribution is -1.99. The highest BCUT2D eigenvalue weighted by molar-refractivity contribution is 7.17. The van der Waals surface area contributed by atoms with Gasteiger partial charge in [-0.1, -0.05) is 0 Å². The number of rotatable bonds is 2. The van der Waals surface area contributed by atoms with E-state index in [1.54, 1.807) is 6.07 Å². The number of hydrogen-bond acceptors (Lipinski definition) is 2. The van der Waals surface area contributed by atoms with Gasteiger partial charge in [-0.25, -0.2) is 4.79 Å². The first-order chi connectivity index (χ1) is 9.25. The Labute approximate surface area is 124 Å². The monoisotopic (exact) mass is 288 g/mol. The summed E-state index contributed by atoms with van der Waals surface area (Å²) in [7, 11) is 0. The summed E-state index contributed by atoms with van der Waals surface area (Å²) >= 11 is 1.37. The number of carboxylic acids is 1. The van der Waals surface area contributed by atoms with Gasteiger partial charge in [0.2, 0.25) is 0 Å². The van der Waals surface area contributed by atoms with Gasteiger partial charge in [0, 0.05) is 4.88 Å². The SMILES string of the molecule is Cc1cc(C(=O)O)sc1-c1c(C)c(C)c(C)c(C)c1C. The Hall–Kier alpha value is -1.61. The molecule has 1 aromatic carbocycles. The second-order valence-corrected chi connectivity index (χ2v) is 6.48. The average molecular weight is 288 g/mol. The van der Waals surface area contributed by atoms with Gasteiger partial charge in [0.1, 0.15) is 4.88 Å². The maximum Gasteiger partial charge on any atom is 0.345 e. The molecule has 106 valence electrons. The first-order valence-corrected chi connectivity index (χ1v) is 7.48. The van der Waals surface area contributed by atoms with Gasteiger partial charge in [-0.05, 0) is 86.6 Å². The summed E-state index contributed by atoms with van der Waals surface area (Å²) in [6.07, 6.45) is 0. The minimum atomic E-state index is -0.847. The van der Waals surface area contributed by atoms with Gasteiger partial charge in [0.25, 0.3) is 0 Å². The molecule has 0 atom stereocenters. The van der Waals surface area contributed by atoms with Crippen LogP contribution in [0, 0.1) is 41.5 Å². The first kappa shape index (κ1) is 14.8. The molecule has 0 amide bonds. The summed E-state index contributed by atoms with van der Waals surface area (Å²) in [6.45, 7) is 12.7. The third kappa shape index (κ3) is 2.16. The van der Waals surface area contributed by atoms with Crippen molar-refractivity contribution in [1.29, 1.82) is 0 Å². The van der Waals surface area contributed by atoms with Crippen LogP contribution in [0.5, 0.6) is 0 Å². The number of carbonyl (C=O) groups is 1.